The molecule has 0 bridgehead atoms. The number of methoxy groups -OCH3 is 1. The van der Waals surface area contributed by atoms with Gasteiger partial charge in [-0.25, -0.2) is 19.6 Å². The zero-order chi connectivity index (χ0) is 40.5. The van der Waals surface area contributed by atoms with Crippen LogP contribution in [0.1, 0.15) is 71.5 Å². The number of esters is 1. The van der Waals surface area contributed by atoms with E-state index in [1.54, 1.807) is 32.0 Å². The molecule has 1 saturated carbocycles. The number of hydrogen-bond donors (Lipinski definition) is 4. The Morgan fingerprint density at radius 2 is 1.77 bits per heavy atom. The molecule has 2 amide bonds. The number of alkyl halides is 3. The molecule has 2 fully saturated rings. The van der Waals surface area contributed by atoms with Crippen molar-refractivity contribution in [3.63, 3.8) is 0 Å². The lowest BCUT2D eigenvalue weighted by Gasteiger charge is -2.22. The van der Waals surface area contributed by atoms with E-state index in [9.17, 15) is 37.5 Å². The third-order valence-corrected chi connectivity index (χ3v) is 9.38. The number of oxazole rings is 1. The van der Waals surface area contributed by atoms with Crippen molar-refractivity contribution in [2.24, 2.45) is 11.7 Å². The van der Waals surface area contributed by atoms with Crippen LogP contribution in [0.3, 0.4) is 0 Å². The van der Waals surface area contributed by atoms with E-state index in [-0.39, 0.29) is 82.3 Å². The molecule has 5 N–H and O–H groups in total. The number of pyridine rings is 1. The maximum Gasteiger partial charge on any atom is 0.433 e. The third kappa shape index (κ3) is 8.07. The van der Waals surface area contributed by atoms with Gasteiger partial charge in [0.15, 0.2) is 11.5 Å². The average Bonchev–Trinajstić information content (AvgIpc) is 3.79. The number of fused-ring (bicyclic) bond motifs is 2. The van der Waals surface area contributed by atoms with Gasteiger partial charge in [-0.05, 0) is 62.4 Å². The molecule has 3 atom stereocenters. The minimum atomic E-state index is -4.68. The molecule has 3 aromatic carbocycles. The molecule has 294 valence electrons. The van der Waals surface area contributed by atoms with Gasteiger partial charge >= 0.3 is 18.1 Å². The maximum absolute atomic E-state index is 13.9. The lowest BCUT2D eigenvalue weighted by atomic mass is 10.1. The number of hydrogen-bond acceptors (Lipinski definition) is 11. The molecule has 2 aliphatic rings. The number of rotatable bonds is 9. The molecule has 0 spiro atoms. The summed E-state index contributed by atoms with van der Waals surface area (Å²) in [5.74, 6) is -2.70. The first-order valence-electron chi connectivity index (χ1n) is 17.7. The van der Waals surface area contributed by atoms with E-state index in [0.717, 1.165) is 24.3 Å². The molecule has 0 unspecified atom stereocenters. The average molecular weight is 778 g/mol. The number of aromatic hydroxyl groups is 1. The summed E-state index contributed by atoms with van der Waals surface area (Å²) in [7, 11) is 1.31. The molecule has 3 heterocycles. The predicted octanol–water partition coefficient (Wildman–Crippen LogP) is 5.85. The first-order valence-corrected chi connectivity index (χ1v) is 17.7. The van der Waals surface area contributed by atoms with E-state index >= 15 is 0 Å². The largest absolute Gasteiger partial charge is 0.506 e. The number of carboxylic acids is 1. The predicted molar refractivity (Wildman–Crippen MR) is 195 cm³/mol. The number of halogens is 3. The van der Waals surface area contributed by atoms with Gasteiger partial charge in [0, 0.05) is 41.3 Å². The quantitative estimate of drug-likeness (QED) is 0.130. The van der Waals surface area contributed by atoms with Crippen molar-refractivity contribution < 1.29 is 56.5 Å². The minimum absolute atomic E-state index is 0.0203. The number of nitrogens with one attached hydrogen (secondary N) is 1. The third-order valence-electron chi connectivity index (χ3n) is 9.38. The van der Waals surface area contributed by atoms with Crippen molar-refractivity contribution in [1.82, 2.24) is 20.2 Å². The molecule has 2 aromatic heterocycles. The van der Waals surface area contributed by atoms with Gasteiger partial charge in [0.1, 0.15) is 34.3 Å². The SMILES string of the molecule is CCOC(=O)[C@@H]1C[C@@H](NC(=O)C2CC2)CN1C(=O)c1nc(-c2ccc(OC)c3nc(C(F)(F)F)ccc23)oc1[C@H](C)N.O=C(O)c1ccc2ccccc2c1O. The highest BCUT2D eigenvalue weighted by Crippen LogP contribution is 2.38. The molecule has 5 aromatic rings. The van der Waals surface area contributed by atoms with Gasteiger partial charge in [-0.2, -0.15) is 13.2 Å². The topological polar surface area (TPSA) is 207 Å². The summed E-state index contributed by atoms with van der Waals surface area (Å²) in [5, 5.41) is 22.9. The first kappa shape index (κ1) is 39.5. The number of likely N-dealkylation sites (tertiary alicyclic amines) is 1. The van der Waals surface area contributed by atoms with Crippen LogP contribution in [0.25, 0.3) is 33.1 Å². The second kappa shape index (κ2) is 15.9. The van der Waals surface area contributed by atoms with Gasteiger partial charge < -0.3 is 40.1 Å². The number of nitrogens with zero attached hydrogens (tertiary/aromatic N) is 3. The Morgan fingerprint density at radius 3 is 2.41 bits per heavy atom. The van der Waals surface area contributed by atoms with Crippen LogP contribution in [-0.4, -0.2) is 81.2 Å². The zero-order valence-corrected chi connectivity index (χ0v) is 30.4. The van der Waals surface area contributed by atoms with Crippen LogP contribution in [0, 0.1) is 5.92 Å². The van der Waals surface area contributed by atoms with Crippen molar-refractivity contribution in [1.29, 1.82) is 0 Å². The van der Waals surface area contributed by atoms with Crippen LogP contribution < -0.4 is 15.8 Å². The highest BCUT2D eigenvalue weighted by molar-refractivity contribution is 6.01. The van der Waals surface area contributed by atoms with Crippen molar-refractivity contribution in [2.75, 3.05) is 20.3 Å². The number of nitrogens with two attached hydrogens (primary N) is 1. The van der Waals surface area contributed by atoms with Crippen LogP contribution in [0.15, 0.2) is 65.1 Å². The number of phenols is 1. The lowest BCUT2D eigenvalue weighted by Crippen LogP contribution is -2.43. The molecule has 1 saturated heterocycles. The number of benzene rings is 3. The molecule has 17 heteroatoms. The number of aromatic carboxylic acids is 1. The van der Waals surface area contributed by atoms with E-state index in [1.807, 2.05) is 12.1 Å². The summed E-state index contributed by atoms with van der Waals surface area (Å²) >= 11 is 0. The van der Waals surface area contributed by atoms with Crippen LogP contribution in [0.5, 0.6) is 11.5 Å². The molecular weight excluding hydrogens is 739 g/mol. The van der Waals surface area contributed by atoms with E-state index in [4.69, 9.17) is 24.7 Å². The Hall–Kier alpha value is -6.23. The first-order chi connectivity index (χ1) is 26.6. The Balaban J connectivity index is 0.000000317. The highest BCUT2D eigenvalue weighted by Gasteiger charge is 2.44. The zero-order valence-electron chi connectivity index (χ0n) is 30.4. The van der Waals surface area contributed by atoms with Gasteiger partial charge in [0.25, 0.3) is 5.91 Å². The fourth-order valence-electron chi connectivity index (χ4n) is 6.47. The molecule has 0 radical (unpaired) electrons. The Kier molecular flexibility index (Phi) is 11.2. The lowest BCUT2D eigenvalue weighted by molar-refractivity contribution is -0.147. The van der Waals surface area contributed by atoms with Crippen LogP contribution in [0.4, 0.5) is 13.2 Å². The number of ether oxygens (including phenoxy) is 2. The number of carbonyl (C=O) groups excluding carboxylic acids is 3. The number of aromatic nitrogens is 2. The van der Waals surface area contributed by atoms with Gasteiger partial charge in [-0.3, -0.25) is 9.59 Å². The monoisotopic (exact) mass is 777 g/mol. The standard InChI is InChI=1S/C28H30F3N5O6.C11H8O3/c1-4-41-27(39)18-11-15(33-24(37)14-5-6-14)12-36(18)26(38)22-23(13(2)32)42-25(35-22)17-7-9-19(40-3)21-16(17)8-10-20(34-21)28(29,30)31;12-10-8-4-2-1-3-7(8)5-6-9(10)11(13)14/h7-10,13-15,18H,4-6,11-12,32H2,1-3H3,(H,33,37);1-6,12H,(H,13,14)/t13-,15+,18-;/m0./s1. The number of carbonyl (C=O) groups is 4. The fraction of sp³-hybridized carbons (Fsp3) is 0.333. The maximum atomic E-state index is 13.9. The molecule has 1 aliphatic carbocycles. The summed E-state index contributed by atoms with van der Waals surface area (Å²) in [5.41, 5.74) is 4.98. The van der Waals surface area contributed by atoms with E-state index in [1.165, 1.54) is 36.3 Å². The summed E-state index contributed by atoms with van der Waals surface area (Å²) in [6, 6.07) is 12.9. The van der Waals surface area contributed by atoms with Crippen molar-refractivity contribution >= 4 is 45.4 Å². The molecular formula is C39H38F3N5O9. The second-order valence-corrected chi connectivity index (χ2v) is 13.4. The Morgan fingerprint density at radius 1 is 1.04 bits per heavy atom. The molecule has 7 rings (SSSR count). The van der Waals surface area contributed by atoms with E-state index < -0.39 is 47.8 Å². The van der Waals surface area contributed by atoms with Gasteiger partial charge in [-0.15, -0.1) is 0 Å². The second-order valence-electron chi connectivity index (χ2n) is 13.4. The summed E-state index contributed by atoms with van der Waals surface area (Å²) in [4.78, 5) is 59.3. The van der Waals surface area contributed by atoms with Crippen LogP contribution in [0.2, 0.25) is 0 Å². The molecule has 56 heavy (non-hydrogen) atoms. The summed E-state index contributed by atoms with van der Waals surface area (Å²) in [6.07, 6.45) is -2.91. The molecule has 14 nitrogen and oxygen atoms in total. The number of carboxylic acid groups (broad SMARTS) is 1. The van der Waals surface area contributed by atoms with Crippen molar-refractivity contribution in [3.8, 4) is 23.0 Å². The Bertz CT molecular complexity index is 2320. The molecule has 1 aliphatic heterocycles. The Labute approximate surface area is 317 Å². The van der Waals surface area contributed by atoms with Crippen molar-refractivity contribution in [2.45, 2.75) is 57.4 Å². The van der Waals surface area contributed by atoms with Crippen LogP contribution in [-0.2, 0) is 20.5 Å². The van der Waals surface area contributed by atoms with Gasteiger partial charge in [-0.1, -0.05) is 30.3 Å². The normalized spacial score (nSPS) is 17.2. The van der Waals surface area contributed by atoms with E-state index in [2.05, 4.69) is 15.3 Å². The summed E-state index contributed by atoms with van der Waals surface area (Å²) < 4.78 is 56.5. The number of amides is 2. The van der Waals surface area contributed by atoms with Crippen molar-refractivity contribution in [3.05, 3.63) is 83.4 Å². The van der Waals surface area contributed by atoms with Gasteiger partial charge in [0.05, 0.1) is 19.8 Å². The smallest absolute Gasteiger partial charge is 0.433 e. The van der Waals surface area contributed by atoms with Crippen LogP contribution >= 0.6 is 0 Å². The van der Waals surface area contributed by atoms with Gasteiger partial charge in [0.2, 0.25) is 11.8 Å². The fourth-order valence-corrected chi connectivity index (χ4v) is 6.47. The van der Waals surface area contributed by atoms with E-state index in [0.29, 0.717) is 5.39 Å². The summed E-state index contributed by atoms with van der Waals surface area (Å²) in [6.45, 7) is 3.37. The minimum Gasteiger partial charge on any atom is -0.506 e. The highest BCUT2D eigenvalue weighted by atomic mass is 19.4.